The van der Waals surface area contributed by atoms with Crippen LogP contribution in [0.5, 0.6) is 0 Å². The molecule has 8 aromatic carbocycles. The molecule has 0 spiro atoms. The van der Waals surface area contributed by atoms with Gasteiger partial charge in [-0.3, -0.25) is 9.13 Å². The Morgan fingerprint density at radius 1 is 0.317 bits per heavy atom. The van der Waals surface area contributed by atoms with Crippen molar-refractivity contribution in [3.05, 3.63) is 231 Å². The Morgan fingerprint density at radius 3 is 1.37 bits per heavy atom. The lowest BCUT2D eigenvalue weighted by Crippen LogP contribution is -2.74. The second-order valence-electron chi connectivity index (χ2n) is 15.5. The minimum atomic E-state index is -2.85. The number of nitrogens with zero attached hydrogens (tertiary/aromatic N) is 4. The summed E-state index contributed by atoms with van der Waals surface area (Å²) in [4.78, 5) is 4.98. The van der Waals surface area contributed by atoms with E-state index in [1.165, 1.54) is 58.7 Å². The topological polar surface area (TPSA) is 27.7 Å². The number of hydrogen-bond acceptors (Lipinski definition) is 1. The summed E-state index contributed by atoms with van der Waals surface area (Å²) in [5.74, 6) is 0.883. The summed E-state index contributed by atoms with van der Waals surface area (Å²) >= 11 is 0. The van der Waals surface area contributed by atoms with Crippen molar-refractivity contribution < 1.29 is 0 Å². The van der Waals surface area contributed by atoms with E-state index in [-0.39, 0.29) is 0 Å². The molecule has 0 bridgehead atoms. The van der Waals surface area contributed by atoms with E-state index in [0.29, 0.717) is 0 Å². The molecule has 0 saturated heterocycles. The summed E-state index contributed by atoms with van der Waals surface area (Å²) < 4.78 is 7.27. The van der Waals surface area contributed by atoms with Crippen LogP contribution < -0.4 is 20.7 Å². The van der Waals surface area contributed by atoms with Crippen molar-refractivity contribution in [2.75, 3.05) is 0 Å². The zero-order valence-electron chi connectivity index (χ0n) is 32.7. The molecule has 0 atom stereocenters. The van der Waals surface area contributed by atoms with E-state index < -0.39 is 8.07 Å². The monoisotopic (exact) mass is 782 g/mol. The summed E-state index contributed by atoms with van der Waals surface area (Å²) in [6, 6.07) is 82.4. The van der Waals surface area contributed by atoms with Gasteiger partial charge in [0.05, 0.1) is 22.1 Å². The zero-order valence-corrected chi connectivity index (χ0v) is 33.7. The predicted octanol–water partition coefficient (Wildman–Crippen LogP) is 10.6. The fraction of sp³-hybridized carbons (Fsp3) is 0. The molecule has 0 aliphatic rings. The maximum Gasteiger partial charge on any atom is 0.179 e. The summed E-state index contributed by atoms with van der Waals surface area (Å²) in [7, 11) is -2.85. The van der Waals surface area contributed by atoms with E-state index in [9.17, 15) is 0 Å². The first kappa shape index (κ1) is 34.3. The molecule has 60 heavy (non-hydrogen) atoms. The largest absolute Gasteiger partial charge is 0.309 e. The number of rotatable bonds is 7. The Balaban J connectivity index is 1.23. The zero-order chi connectivity index (χ0) is 39.6. The van der Waals surface area contributed by atoms with E-state index >= 15 is 0 Å². The van der Waals surface area contributed by atoms with Crippen LogP contribution in [0.25, 0.3) is 71.8 Å². The van der Waals surface area contributed by atoms with Crippen LogP contribution in [0.3, 0.4) is 0 Å². The number of benzene rings is 8. The van der Waals surface area contributed by atoms with Gasteiger partial charge in [0.2, 0.25) is 0 Å². The highest BCUT2D eigenvalue weighted by Crippen LogP contribution is 2.41. The van der Waals surface area contributed by atoms with E-state index in [0.717, 1.165) is 33.9 Å². The van der Waals surface area contributed by atoms with Gasteiger partial charge < -0.3 is 4.57 Å². The number of hydrogen-bond donors (Lipinski definition) is 0. The molecular weight excluding hydrogens is 745 g/mol. The highest BCUT2D eigenvalue weighted by Gasteiger charge is 2.42. The Hall–Kier alpha value is -7.73. The summed E-state index contributed by atoms with van der Waals surface area (Å²) in [6.07, 6.45) is 1.89. The molecule has 12 rings (SSSR count). The van der Waals surface area contributed by atoms with Gasteiger partial charge in [0, 0.05) is 44.5 Å². The second kappa shape index (κ2) is 13.7. The molecule has 4 nitrogen and oxygen atoms in total. The minimum absolute atomic E-state index is 0.883. The molecule has 282 valence electrons. The number of fused-ring (bicyclic) bond motifs is 8. The molecule has 12 aromatic rings. The molecule has 0 unspecified atom stereocenters. The number of aromatic nitrogens is 4. The van der Waals surface area contributed by atoms with Gasteiger partial charge in [0.1, 0.15) is 11.5 Å². The van der Waals surface area contributed by atoms with Crippen LogP contribution in [0.1, 0.15) is 0 Å². The molecule has 0 aliphatic heterocycles. The third-order valence-electron chi connectivity index (χ3n) is 12.4. The van der Waals surface area contributed by atoms with E-state index in [1.54, 1.807) is 0 Å². The van der Waals surface area contributed by atoms with Gasteiger partial charge in [0.25, 0.3) is 0 Å². The third kappa shape index (κ3) is 5.00. The highest BCUT2D eigenvalue weighted by atomic mass is 28.3. The molecule has 4 aromatic heterocycles. The average Bonchev–Trinajstić information content (AvgIpc) is 3.96. The Bertz CT molecular complexity index is 3380. The van der Waals surface area contributed by atoms with Crippen molar-refractivity contribution in [3.63, 3.8) is 0 Å². The van der Waals surface area contributed by atoms with Gasteiger partial charge >= 0.3 is 0 Å². The Morgan fingerprint density at radius 2 is 0.800 bits per heavy atom. The van der Waals surface area contributed by atoms with Gasteiger partial charge in [-0.1, -0.05) is 170 Å². The van der Waals surface area contributed by atoms with E-state index in [1.807, 2.05) is 12.3 Å². The molecule has 0 aliphatic carbocycles. The lowest BCUT2D eigenvalue weighted by atomic mass is 10.1. The van der Waals surface area contributed by atoms with Crippen molar-refractivity contribution >= 4 is 83.5 Å². The molecule has 0 N–H and O–H groups in total. The van der Waals surface area contributed by atoms with Gasteiger partial charge in [-0.15, -0.1) is 0 Å². The van der Waals surface area contributed by atoms with Crippen molar-refractivity contribution in [3.8, 4) is 17.2 Å². The Kier molecular flexibility index (Phi) is 7.83. The van der Waals surface area contributed by atoms with Gasteiger partial charge in [0.15, 0.2) is 8.07 Å². The van der Waals surface area contributed by atoms with Gasteiger partial charge in [-0.2, -0.15) is 0 Å². The molecule has 0 fully saturated rings. The maximum atomic E-state index is 4.98. The third-order valence-corrected chi connectivity index (χ3v) is 17.2. The molecule has 4 heterocycles. The average molecular weight is 783 g/mol. The van der Waals surface area contributed by atoms with E-state index in [2.05, 4.69) is 232 Å². The standard InChI is InChI=1S/C55H38N4Si/c1-4-21-41(22-5-1)60(42-23-6-2-7-24-42,43-25-8-3-9-26-43)44-34-35-48-52(38-44)58(55-54(48)47-29-12-15-32-51(47)59(55)53-33-16-17-36-56-53)40-20-18-19-39(37-40)57-49-30-13-10-27-45(49)46-28-11-14-31-50(46)57/h1-38H. The van der Waals surface area contributed by atoms with Crippen molar-refractivity contribution in [1.29, 1.82) is 0 Å². The van der Waals surface area contributed by atoms with Crippen LogP contribution in [0.4, 0.5) is 0 Å². The summed E-state index contributed by atoms with van der Waals surface area (Å²) in [5.41, 5.74) is 7.94. The van der Waals surface area contributed by atoms with Crippen molar-refractivity contribution in [1.82, 2.24) is 18.7 Å². The molecule has 0 radical (unpaired) electrons. The molecule has 5 heteroatoms. The second-order valence-corrected chi connectivity index (χ2v) is 19.4. The predicted molar refractivity (Wildman–Crippen MR) is 253 cm³/mol. The molecular formula is C55H38N4Si. The lowest BCUT2D eigenvalue weighted by molar-refractivity contribution is 1.02. The van der Waals surface area contributed by atoms with E-state index in [4.69, 9.17) is 4.98 Å². The normalized spacial score (nSPS) is 12.0. The first-order valence-corrected chi connectivity index (χ1v) is 22.6. The van der Waals surface area contributed by atoms with Gasteiger partial charge in [-0.25, -0.2) is 4.98 Å². The minimum Gasteiger partial charge on any atom is -0.309 e. The fourth-order valence-electron chi connectivity index (χ4n) is 9.99. The summed E-state index contributed by atoms with van der Waals surface area (Å²) in [5, 5.41) is 11.5. The fourth-order valence-corrected chi connectivity index (χ4v) is 14.8. The molecule has 0 saturated carbocycles. The first-order valence-electron chi connectivity index (χ1n) is 20.6. The van der Waals surface area contributed by atoms with Crippen LogP contribution in [0, 0.1) is 0 Å². The molecule has 0 amide bonds. The quantitative estimate of drug-likeness (QED) is 0.117. The van der Waals surface area contributed by atoms with Crippen LogP contribution >= 0.6 is 0 Å². The van der Waals surface area contributed by atoms with Crippen LogP contribution in [0.2, 0.25) is 0 Å². The highest BCUT2D eigenvalue weighted by molar-refractivity contribution is 7.20. The van der Waals surface area contributed by atoms with Crippen LogP contribution in [-0.4, -0.2) is 26.8 Å². The smallest absolute Gasteiger partial charge is 0.179 e. The lowest BCUT2D eigenvalue weighted by Gasteiger charge is -2.34. The first-order chi connectivity index (χ1) is 29.8. The Labute approximate surface area is 348 Å². The number of para-hydroxylation sites is 3. The van der Waals surface area contributed by atoms with Crippen LogP contribution in [0.15, 0.2) is 231 Å². The number of pyridine rings is 1. The maximum absolute atomic E-state index is 4.98. The summed E-state index contributed by atoms with van der Waals surface area (Å²) in [6.45, 7) is 0. The SMILES string of the molecule is c1ccc([Si](c2ccccc2)(c2ccccc2)c2ccc3c4c5ccccc5n(-c5ccccn5)c4n(-c4cccc(-n5c6ccccc6c6ccccc65)c4)c3c2)cc1. The van der Waals surface area contributed by atoms with Crippen molar-refractivity contribution in [2.24, 2.45) is 0 Å². The van der Waals surface area contributed by atoms with Crippen LogP contribution in [-0.2, 0) is 0 Å². The van der Waals surface area contributed by atoms with Crippen molar-refractivity contribution in [2.45, 2.75) is 0 Å². The van der Waals surface area contributed by atoms with Gasteiger partial charge in [-0.05, 0) is 75.3 Å².